The van der Waals surface area contributed by atoms with E-state index in [-0.39, 0.29) is 0 Å². The number of nitrogens with one attached hydrogen (secondary N) is 1. The fourth-order valence-corrected chi connectivity index (χ4v) is 3.30. The lowest BCUT2D eigenvalue weighted by atomic mass is 9.89. The van der Waals surface area contributed by atoms with Gasteiger partial charge in [-0.2, -0.15) is 0 Å². The van der Waals surface area contributed by atoms with Crippen molar-refractivity contribution in [1.29, 1.82) is 0 Å². The van der Waals surface area contributed by atoms with Crippen LogP contribution in [0.2, 0.25) is 0 Å². The van der Waals surface area contributed by atoms with Gasteiger partial charge in [0.15, 0.2) is 0 Å². The van der Waals surface area contributed by atoms with Gasteiger partial charge in [0.05, 0.1) is 0 Å². The fraction of sp³-hybridized carbons (Fsp3) is 0.667. The van der Waals surface area contributed by atoms with Crippen molar-refractivity contribution in [3.8, 4) is 0 Å². The van der Waals surface area contributed by atoms with Crippen LogP contribution >= 0.6 is 0 Å². The molecule has 4 nitrogen and oxygen atoms in total. The first-order chi connectivity index (χ1) is 7.81. The summed E-state index contributed by atoms with van der Waals surface area (Å²) in [6.45, 7) is 1.04. The maximum Gasteiger partial charge on any atom is 0.148 e. The van der Waals surface area contributed by atoms with Crippen LogP contribution in [0.15, 0.2) is 12.1 Å². The van der Waals surface area contributed by atoms with E-state index in [2.05, 4.69) is 15.5 Å². The van der Waals surface area contributed by atoms with Gasteiger partial charge in [0.25, 0.3) is 0 Å². The molecule has 1 aromatic rings. The van der Waals surface area contributed by atoms with Crippen LogP contribution in [-0.4, -0.2) is 16.7 Å². The third-order valence-electron chi connectivity index (χ3n) is 4.12. The van der Waals surface area contributed by atoms with Gasteiger partial charge in [-0.05, 0) is 49.1 Å². The summed E-state index contributed by atoms with van der Waals surface area (Å²) in [5.74, 6) is 4.13. The zero-order chi connectivity index (χ0) is 11.0. The minimum absolute atomic E-state index is 0.477. The van der Waals surface area contributed by atoms with Crippen LogP contribution in [0.25, 0.3) is 0 Å². The van der Waals surface area contributed by atoms with Gasteiger partial charge in [0.2, 0.25) is 0 Å². The molecule has 0 spiro atoms. The summed E-state index contributed by atoms with van der Waals surface area (Å²) in [5, 5.41) is 11.2. The van der Waals surface area contributed by atoms with Crippen molar-refractivity contribution in [2.75, 3.05) is 17.6 Å². The Balaban J connectivity index is 1.55. The molecule has 0 aromatic carbocycles. The molecule has 0 amide bonds. The van der Waals surface area contributed by atoms with E-state index in [1.807, 2.05) is 6.07 Å². The van der Waals surface area contributed by atoms with Crippen molar-refractivity contribution in [2.24, 2.45) is 17.8 Å². The molecule has 0 aliphatic heterocycles. The van der Waals surface area contributed by atoms with Crippen LogP contribution in [0.3, 0.4) is 0 Å². The third-order valence-corrected chi connectivity index (χ3v) is 4.12. The Bertz CT molecular complexity index is 362. The van der Waals surface area contributed by atoms with Crippen molar-refractivity contribution < 1.29 is 0 Å². The molecule has 3 rings (SSSR count). The topological polar surface area (TPSA) is 63.8 Å². The second-order valence-electron chi connectivity index (χ2n) is 5.16. The van der Waals surface area contributed by atoms with Gasteiger partial charge in [-0.15, -0.1) is 10.2 Å². The van der Waals surface area contributed by atoms with Gasteiger partial charge in [0.1, 0.15) is 11.6 Å². The molecule has 1 heterocycles. The van der Waals surface area contributed by atoms with E-state index in [0.29, 0.717) is 5.82 Å². The standard InChI is InChI=1S/C12H18N4/c13-11-3-4-12(16-15-11)14-7-10-6-8-1-2-9(10)5-8/h3-4,8-10H,1-2,5-7H2,(H2,13,15)(H,14,16). The lowest BCUT2D eigenvalue weighted by Crippen LogP contribution is -2.20. The Labute approximate surface area is 95.6 Å². The minimum Gasteiger partial charge on any atom is -0.382 e. The zero-order valence-electron chi connectivity index (χ0n) is 9.39. The number of nitrogens with two attached hydrogens (primary N) is 1. The van der Waals surface area contributed by atoms with Crippen LogP contribution in [0.4, 0.5) is 11.6 Å². The van der Waals surface area contributed by atoms with Gasteiger partial charge in [0, 0.05) is 6.54 Å². The van der Waals surface area contributed by atoms with E-state index in [1.54, 1.807) is 6.07 Å². The highest BCUT2D eigenvalue weighted by atomic mass is 15.2. The number of hydrogen-bond donors (Lipinski definition) is 2. The van der Waals surface area contributed by atoms with E-state index in [0.717, 1.165) is 30.1 Å². The van der Waals surface area contributed by atoms with Crippen LogP contribution < -0.4 is 11.1 Å². The number of rotatable bonds is 3. The second-order valence-corrected chi connectivity index (χ2v) is 5.16. The molecule has 2 saturated carbocycles. The predicted molar refractivity (Wildman–Crippen MR) is 63.9 cm³/mol. The quantitative estimate of drug-likeness (QED) is 0.813. The van der Waals surface area contributed by atoms with E-state index < -0.39 is 0 Å². The number of aromatic nitrogens is 2. The molecule has 2 aliphatic carbocycles. The summed E-state index contributed by atoms with van der Waals surface area (Å²) in [6, 6.07) is 3.69. The smallest absolute Gasteiger partial charge is 0.148 e. The maximum atomic E-state index is 5.49. The first kappa shape index (κ1) is 9.87. The molecule has 2 fully saturated rings. The monoisotopic (exact) mass is 218 g/mol. The number of nitrogen functional groups attached to an aromatic ring is 1. The molecular weight excluding hydrogens is 200 g/mol. The second kappa shape index (κ2) is 3.92. The van der Waals surface area contributed by atoms with Gasteiger partial charge in [-0.3, -0.25) is 0 Å². The summed E-state index contributed by atoms with van der Waals surface area (Å²) in [5.41, 5.74) is 5.49. The Morgan fingerprint density at radius 2 is 2.19 bits per heavy atom. The molecule has 0 saturated heterocycles. The van der Waals surface area contributed by atoms with Crippen molar-refractivity contribution in [2.45, 2.75) is 25.7 Å². The van der Waals surface area contributed by atoms with Gasteiger partial charge in [-0.1, -0.05) is 6.42 Å². The molecule has 2 aliphatic rings. The third kappa shape index (κ3) is 1.84. The Hall–Kier alpha value is -1.32. The molecule has 3 unspecified atom stereocenters. The molecule has 0 radical (unpaired) electrons. The van der Waals surface area contributed by atoms with Crippen molar-refractivity contribution in [3.05, 3.63) is 12.1 Å². The van der Waals surface area contributed by atoms with Gasteiger partial charge in [-0.25, -0.2) is 0 Å². The van der Waals surface area contributed by atoms with E-state index >= 15 is 0 Å². The summed E-state index contributed by atoms with van der Waals surface area (Å²) in [4.78, 5) is 0. The van der Waals surface area contributed by atoms with E-state index in [4.69, 9.17) is 5.73 Å². The first-order valence-corrected chi connectivity index (χ1v) is 6.14. The SMILES string of the molecule is Nc1ccc(NCC2CC3CCC2C3)nn1. The summed E-state index contributed by atoms with van der Waals surface area (Å²) in [6.07, 6.45) is 5.76. The molecule has 16 heavy (non-hydrogen) atoms. The lowest BCUT2D eigenvalue weighted by Gasteiger charge is -2.21. The maximum absolute atomic E-state index is 5.49. The molecule has 1 aromatic heterocycles. The molecule has 4 heteroatoms. The number of fused-ring (bicyclic) bond motifs is 2. The highest BCUT2D eigenvalue weighted by Crippen LogP contribution is 2.48. The molecule has 3 N–H and O–H groups in total. The van der Waals surface area contributed by atoms with Crippen molar-refractivity contribution in [3.63, 3.8) is 0 Å². The highest BCUT2D eigenvalue weighted by molar-refractivity contribution is 5.38. The molecule has 86 valence electrons. The summed E-state index contributed by atoms with van der Waals surface area (Å²) >= 11 is 0. The Kier molecular flexibility index (Phi) is 2.42. The van der Waals surface area contributed by atoms with Crippen LogP contribution in [-0.2, 0) is 0 Å². The average Bonchev–Trinajstić information content (AvgIpc) is 2.90. The molecular formula is C12H18N4. The van der Waals surface area contributed by atoms with Crippen molar-refractivity contribution >= 4 is 11.6 Å². The van der Waals surface area contributed by atoms with Crippen LogP contribution in [0.5, 0.6) is 0 Å². The minimum atomic E-state index is 0.477. The van der Waals surface area contributed by atoms with Crippen LogP contribution in [0, 0.1) is 17.8 Å². The largest absolute Gasteiger partial charge is 0.382 e. The van der Waals surface area contributed by atoms with Gasteiger partial charge < -0.3 is 11.1 Å². The number of anilines is 2. The van der Waals surface area contributed by atoms with E-state index in [1.165, 1.54) is 25.7 Å². The molecule has 3 atom stereocenters. The lowest BCUT2D eigenvalue weighted by molar-refractivity contribution is 0.348. The predicted octanol–water partition coefficient (Wildman–Crippen LogP) is 1.91. The summed E-state index contributed by atoms with van der Waals surface area (Å²) in [7, 11) is 0. The fourth-order valence-electron chi connectivity index (χ4n) is 3.30. The van der Waals surface area contributed by atoms with E-state index in [9.17, 15) is 0 Å². The highest BCUT2D eigenvalue weighted by Gasteiger charge is 2.38. The Morgan fingerprint density at radius 1 is 1.25 bits per heavy atom. The normalized spacial score (nSPS) is 31.9. The Morgan fingerprint density at radius 3 is 2.81 bits per heavy atom. The molecule has 2 bridgehead atoms. The van der Waals surface area contributed by atoms with Crippen molar-refractivity contribution in [1.82, 2.24) is 10.2 Å². The zero-order valence-corrected chi connectivity index (χ0v) is 9.39. The average molecular weight is 218 g/mol. The van der Waals surface area contributed by atoms with Crippen LogP contribution in [0.1, 0.15) is 25.7 Å². The van der Waals surface area contributed by atoms with Gasteiger partial charge >= 0.3 is 0 Å². The number of nitrogens with zero attached hydrogens (tertiary/aromatic N) is 2. The number of hydrogen-bond acceptors (Lipinski definition) is 4. The first-order valence-electron chi connectivity index (χ1n) is 6.14. The summed E-state index contributed by atoms with van der Waals surface area (Å²) < 4.78 is 0.